The Labute approximate surface area is 180 Å². The number of halogens is 1. The van der Waals surface area contributed by atoms with Crippen molar-refractivity contribution >= 4 is 0 Å². The van der Waals surface area contributed by atoms with Crippen LogP contribution in [0.15, 0.2) is 77.5 Å². The quantitative estimate of drug-likeness (QED) is 0.505. The minimum absolute atomic E-state index is 0.239. The van der Waals surface area contributed by atoms with E-state index in [0.717, 1.165) is 66.3 Å². The fourth-order valence-electron chi connectivity index (χ4n) is 4.18. The summed E-state index contributed by atoms with van der Waals surface area (Å²) in [7, 11) is 0. The molecule has 0 radical (unpaired) electrons. The van der Waals surface area contributed by atoms with Crippen molar-refractivity contribution < 1.29 is 8.81 Å². The summed E-state index contributed by atoms with van der Waals surface area (Å²) in [6.07, 6.45) is 5.65. The summed E-state index contributed by atoms with van der Waals surface area (Å²) in [5.74, 6) is 0.549. The fourth-order valence-corrected chi connectivity index (χ4v) is 4.18. The molecule has 5 nitrogen and oxygen atoms in total. The van der Waals surface area contributed by atoms with Crippen LogP contribution in [-0.4, -0.2) is 33.8 Å². The Kier molecular flexibility index (Phi) is 5.40. The first-order chi connectivity index (χ1) is 15.2. The highest BCUT2D eigenvalue weighted by molar-refractivity contribution is 5.66. The van der Waals surface area contributed by atoms with E-state index in [0.29, 0.717) is 6.04 Å². The van der Waals surface area contributed by atoms with Crippen LogP contribution in [0.25, 0.3) is 28.3 Å². The van der Waals surface area contributed by atoms with Gasteiger partial charge in [-0.15, -0.1) is 0 Å². The highest BCUT2D eigenvalue weighted by Gasteiger charge is 2.21. The van der Waals surface area contributed by atoms with Gasteiger partial charge in [0.25, 0.3) is 0 Å². The topological polar surface area (TPSA) is 60.2 Å². The Morgan fingerprint density at radius 2 is 1.81 bits per heavy atom. The molecule has 4 aromatic rings. The first kappa shape index (κ1) is 19.7. The van der Waals surface area contributed by atoms with Crippen LogP contribution in [0.2, 0.25) is 0 Å². The van der Waals surface area contributed by atoms with E-state index >= 15 is 0 Å². The van der Waals surface area contributed by atoms with Gasteiger partial charge < -0.3 is 10.2 Å². The molecule has 158 valence electrons. The van der Waals surface area contributed by atoms with E-state index < -0.39 is 0 Å². The molecular weight excluding hydrogens is 391 g/mol. The van der Waals surface area contributed by atoms with Crippen molar-refractivity contribution in [1.82, 2.24) is 14.7 Å². The molecule has 6 heteroatoms. The molecule has 0 aliphatic carbocycles. The summed E-state index contributed by atoms with van der Waals surface area (Å²) in [4.78, 5) is 2.42. The molecule has 0 bridgehead atoms. The summed E-state index contributed by atoms with van der Waals surface area (Å²) in [5, 5.41) is 4.68. The molecule has 1 aliphatic heterocycles. The Hall–Kier alpha value is -3.22. The van der Waals surface area contributed by atoms with E-state index in [-0.39, 0.29) is 5.82 Å². The molecule has 2 aromatic heterocycles. The second-order valence-corrected chi connectivity index (χ2v) is 8.08. The Morgan fingerprint density at radius 3 is 2.52 bits per heavy atom. The van der Waals surface area contributed by atoms with Crippen LogP contribution >= 0.6 is 0 Å². The van der Waals surface area contributed by atoms with Crippen LogP contribution in [-0.2, 0) is 6.54 Å². The molecule has 0 unspecified atom stereocenters. The lowest BCUT2D eigenvalue weighted by atomic mass is 10.0. The van der Waals surface area contributed by atoms with Crippen LogP contribution < -0.4 is 5.73 Å². The maximum Gasteiger partial charge on any atom is 0.152 e. The number of nitrogens with two attached hydrogens (primary N) is 1. The number of rotatable bonds is 5. The lowest BCUT2D eigenvalue weighted by molar-refractivity contribution is 0.206. The fraction of sp³-hybridized carbons (Fsp3) is 0.240. The van der Waals surface area contributed by atoms with Crippen LogP contribution in [0.4, 0.5) is 4.39 Å². The van der Waals surface area contributed by atoms with Crippen molar-refractivity contribution in [1.29, 1.82) is 0 Å². The highest BCUT2D eigenvalue weighted by Crippen LogP contribution is 2.30. The summed E-state index contributed by atoms with van der Waals surface area (Å²) in [5.41, 5.74) is 10.9. The predicted octanol–water partition coefficient (Wildman–Crippen LogP) is 4.86. The van der Waals surface area contributed by atoms with Gasteiger partial charge in [-0.1, -0.05) is 24.3 Å². The zero-order valence-electron chi connectivity index (χ0n) is 17.2. The van der Waals surface area contributed by atoms with E-state index in [2.05, 4.69) is 10.00 Å². The van der Waals surface area contributed by atoms with Gasteiger partial charge in [-0.05, 0) is 73.5 Å². The Balaban J connectivity index is 1.47. The Bertz CT molecular complexity index is 1140. The molecule has 0 spiro atoms. The third-order valence-corrected chi connectivity index (χ3v) is 5.90. The second-order valence-electron chi connectivity index (χ2n) is 8.08. The second kappa shape index (κ2) is 8.49. The van der Waals surface area contributed by atoms with Gasteiger partial charge in [0.1, 0.15) is 11.5 Å². The molecule has 1 aliphatic rings. The number of furan rings is 1. The van der Waals surface area contributed by atoms with Crippen LogP contribution in [0, 0.1) is 5.82 Å². The first-order valence-electron chi connectivity index (χ1n) is 10.6. The van der Waals surface area contributed by atoms with E-state index in [9.17, 15) is 4.39 Å². The molecule has 2 aromatic carbocycles. The monoisotopic (exact) mass is 416 g/mol. The van der Waals surface area contributed by atoms with Gasteiger partial charge >= 0.3 is 0 Å². The molecule has 3 heterocycles. The van der Waals surface area contributed by atoms with Crippen molar-refractivity contribution in [2.24, 2.45) is 5.73 Å². The van der Waals surface area contributed by atoms with Gasteiger partial charge in [0.2, 0.25) is 0 Å². The van der Waals surface area contributed by atoms with Crippen molar-refractivity contribution in [2.75, 3.05) is 13.1 Å². The number of aromatic nitrogens is 2. The van der Waals surface area contributed by atoms with E-state index in [1.807, 2.05) is 53.3 Å². The first-order valence-corrected chi connectivity index (χ1v) is 10.6. The van der Waals surface area contributed by atoms with Crippen molar-refractivity contribution in [3.05, 3.63) is 84.5 Å². The highest BCUT2D eigenvalue weighted by atomic mass is 19.1. The van der Waals surface area contributed by atoms with Crippen LogP contribution in [0.1, 0.15) is 18.4 Å². The normalized spacial score (nSPS) is 15.4. The predicted molar refractivity (Wildman–Crippen MR) is 119 cm³/mol. The molecular formula is C25H25FN4O. The van der Waals surface area contributed by atoms with Gasteiger partial charge in [-0.3, -0.25) is 4.90 Å². The van der Waals surface area contributed by atoms with Crippen LogP contribution in [0.3, 0.4) is 0 Å². The standard InChI is InChI=1S/C25H25FN4O/c26-21-4-1-3-19(15-21)18-6-8-23(9-7-18)30-25(24-5-2-14-31-24)20(16-28-30)17-29-12-10-22(27)11-13-29/h1-9,14-16,22H,10-13,17,27H2. The van der Waals surface area contributed by atoms with E-state index in [1.165, 1.54) is 6.07 Å². The third kappa shape index (κ3) is 4.17. The zero-order chi connectivity index (χ0) is 21.2. The average molecular weight is 417 g/mol. The van der Waals surface area contributed by atoms with Gasteiger partial charge in [0.15, 0.2) is 5.76 Å². The zero-order valence-corrected chi connectivity index (χ0v) is 17.2. The molecule has 5 rings (SSSR count). The van der Waals surface area contributed by atoms with Gasteiger partial charge in [0.05, 0.1) is 18.1 Å². The number of piperidine rings is 1. The molecule has 1 saturated heterocycles. The number of hydrogen-bond donors (Lipinski definition) is 1. The SMILES string of the molecule is NC1CCN(Cc2cnn(-c3ccc(-c4cccc(F)c4)cc3)c2-c2ccco2)CC1. The molecule has 31 heavy (non-hydrogen) atoms. The number of hydrogen-bond acceptors (Lipinski definition) is 4. The lowest BCUT2D eigenvalue weighted by Crippen LogP contribution is -2.39. The summed E-state index contributed by atoms with van der Waals surface area (Å²) >= 11 is 0. The number of nitrogens with zero attached hydrogens (tertiary/aromatic N) is 3. The smallest absolute Gasteiger partial charge is 0.152 e. The molecule has 1 fully saturated rings. The minimum atomic E-state index is -0.239. The molecule has 0 atom stereocenters. The summed E-state index contributed by atoms with van der Waals surface area (Å²) in [6.45, 7) is 2.79. The van der Waals surface area contributed by atoms with Crippen LogP contribution in [0.5, 0.6) is 0 Å². The average Bonchev–Trinajstić information content (AvgIpc) is 3.45. The van der Waals surface area contributed by atoms with Gasteiger partial charge in [0, 0.05) is 18.2 Å². The molecule has 2 N–H and O–H groups in total. The Morgan fingerprint density at radius 1 is 1.00 bits per heavy atom. The third-order valence-electron chi connectivity index (χ3n) is 5.90. The number of benzene rings is 2. The minimum Gasteiger partial charge on any atom is -0.463 e. The molecule has 0 saturated carbocycles. The maximum atomic E-state index is 13.6. The largest absolute Gasteiger partial charge is 0.463 e. The lowest BCUT2D eigenvalue weighted by Gasteiger charge is -2.29. The van der Waals surface area contributed by atoms with Crippen molar-refractivity contribution in [3.8, 4) is 28.3 Å². The van der Waals surface area contributed by atoms with E-state index in [1.54, 1.807) is 18.4 Å². The molecule has 0 amide bonds. The van der Waals surface area contributed by atoms with E-state index in [4.69, 9.17) is 10.2 Å². The van der Waals surface area contributed by atoms with Crippen molar-refractivity contribution in [2.45, 2.75) is 25.4 Å². The summed E-state index contributed by atoms with van der Waals surface area (Å²) < 4.78 is 21.3. The van der Waals surface area contributed by atoms with Gasteiger partial charge in [-0.25, -0.2) is 9.07 Å². The maximum absolute atomic E-state index is 13.6. The van der Waals surface area contributed by atoms with Gasteiger partial charge in [-0.2, -0.15) is 5.10 Å². The summed E-state index contributed by atoms with van der Waals surface area (Å²) in [6, 6.07) is 18.8. The van der Waals surface area contributed by atoms with Crippen molar-refractivity contribution in [3.63, 3.8) is 0 Å². The number of likely N-dealkylation sites (tertiary alicyclic amines) is 1.